The highest BCUT2D eigenvalue weighted by atomic mass is 32.2. The summed E-state index contributed by atoms with van der Waals surface area (Å²) in [6, 6.07) is 14.2. The molecule has 3 aromatic rings. The Morgan fingerprint density at radius 2 is 1.88 bits per heavy atom. The smallest absolute Gasteiger partial charge is 0.230 e. The van der Waals surface area contributed by atoms with Gasteiger partial charge in [-0.3, -0.25) is 9.20 Å². The fourth-order valence-corrected chi connectivity index (χ4v) is 3.35. The highest BCUT2D eigenvalue weighted by Crippen LogP contribution is 2.25. The van der Waals surface area contributed by atoms with Crippen LogP contribution in [-0.2, 0) is 16.6 Å². The number of hydrogen-bond acceptors (Lipinski definition) is 4. The predicted octanol–water partition coefficient (Wildman–Crippen LogP) is 3.48. The number of fused-ring (bicyclic) bond motifs is 1. The summed E-state index contributed by atoms with van der Waals surface area (Å²) >= 11 is 1.55. The second kappa shape index (κ2) is 7.91. The van der Waals surface area contributed by atoms with Gasteiger partial charge in [-0.25, -0.2) is 0 Å². The fourth-order valence-electron chi connectivity index (χ4n) is 2.63. The predicted molar refractivity (Wildman–Crippen MR) is 106 cm³/mol. The number of rotatable bonds is 6. The summed E-state index contributed by atoms with van der Waals surface area (Å²) in [4.78, 5) is 13.2. The van der Waals surface area contributed by atoms with E-state index in [0.717, 1.165) is 16.4 Å². The number of hydrogen-bond donors (Lipinski definition) is 1. The van der Waals surface area contributed by atoms with Crippen LogP contribution in [0.3, 0.4) is 0 Å². The minimum atomic E-state index is 0.0312. The molecule has 5 nitrogen and oxygen atoms in total. The number of nitrogens with zero attached hydrogens (tertiary/aromatic N) is 3. The summed E-state index contributed by atoms with van der Waals surface area (Å²) in [7, 11) is 0. The first-order chi connectivity index (χ1) is 12.4. The first-order valence-electron chi connectivity index (χ1n) is 8.72. The number of carbonyl (C=O) groups excluding carboxylic acids is 1. The molecular formula is C20H24N4OS. The van der Waals surface area contributed by atoms with Gasteiger partial charge in [-0.2, -0.15) is 0 Å². The van der Waals surface area contributed by atoms with Crippen LogP contribution >= 0.6 is 11.8 Å². The molecule has 26 heavy (non-hydrogen) atoms. The molecule has 0 aliphatic carbocycles. The first-order valence-corrected chi connectivity index (χ1v) is 9.71. The Morgan fingerprint density at radius 1 is 1.12 bits per heavy atom. The number of aromatic nitrogens is 3. The molecule has 1 N–H and O–H groups in total. The van der Waals surface area contributed by atoms with Gasteiger partial charge < -0.3 is 5.32 Å². The lowest BCUT2D eigenvalue weighted by molar-refractivity contribution is -0.118. The molecule has 0 radical (unpaired) electrons. The number of pyridine rings is 1. The highest BCUT2D eigenvalue weighted by molar-refractivity contribution is 8.00. The van der Waals surface area contributed by atoms with E-state index in [1.54, 1.807) is 11.8 Å². The van der Waals surface area contributed by atoms with Gasteiger partial charge in [0.15, 0.2) is 5.65 Å². The van der Waals surface area contributed by atoms with E-state index in [1.807, 2.05) is 28.8 Å². The molecule has 0 aliphatic heterocycles. The SMILES string of the molecule is CC(C)(C)c1ccc(SCC(=O)NCCc2nnc3ccccn23)cc1. The lowest BCUT2D eigenvalue weighted by Crippen LogP contribution is -2.27. The minimum absolute atomic E-state index is 0.0312. The number of nitrogens with one attached hydrogen (secondary N) is 1. The normalized spacial score (nSPS) is 11.7. The van der Waals surface area contributed by atoms with Gasteiger partial charge in [0, 0.05) is 24.1 Å². The van der Waals surface area contributed by atoms with Crippen LogP contribution in [0.5, 0.6) is 0 Å². The summed E-state index contributed by atoms with van der Waals surface area (Å²) in [5.74, 6) is 1.30. The monoisotopic (exact) mass is 368 g/mol. The molecule has 0 unspecified atom stereocenters. The van der Waals surface area contributed by atoms with Crippen LogP contribution in [-0.4, -0.2) is 32.8 Å². The van der Waals surface area contributed by atoms with Crippen molar-refractivity contribution in [2.45, 2.75) is 37.5 Å². The van der Waals surface area contributed by atoms with Crippen molar-refractivity contribution >= 4 is 23.3 Å². The zero-order valence-corrected chi connectivity index (χ0v) is 16.2. The standard InChI is InChI=1S/C20H24N4OS/c1-20(2,3)15-7-9-16(10-8-15)26-14-19(25)21-12-11-18-23-22-17-6-4-5-13-24(17)18/h4-10,13H,11-12,14H2,1-3H3,(H,21,25). The Morgan fingerprint density at radius 3 is 2.62 bits per heavy atom. The zero-order valence-electron chi connectivity index (χ0n) is 15.4. The molecule has 1 aromatic carbocycles. The molecule has 6 heteroatoms. The average molecular weight is 369 g/mol. The van der Waals surface area contributed by atoms with Crippen molar-refractivity contribution in [3.05, 3.63) is 60.0 Å². The summed E-state index contributed by atoms with van der Waals surface area (Å²) in [5.41, 5.74) is 2.27. The van der Waals surface area contributed by atoms with Gasteiger partial charge in [0.25, 0.3) is 0 Å². The molecule has 0 aliphatic rings. The van der Waals surface area contributed by atoms with E-state index in [4.69, 9.17) is 0 Å². The summed E-state index contributed by atoms with van der Waals surface area (Å²) in [5, 5.41) is 11.2. The Labute approximate surface area is 158 Å². The van der Waals surface area contributed by atoms with Gasteiger partial charge >= 0.3 is 0 Å². The largest absolute Gasteiger partial charge is 0.355 e. The highest BCUT2D eigenvalue weighted by Gasteiger charge is 2.13. The Kier molecular flexibility index (Phi) is 5.61. The molecule has 1 amide bonds. The molecule has 0 atom stereocenters. The van der Waals surface area contributed by atoms with Crippen LogP contribution in [0.15, 0.2) is 53.6 Å². The van der Waals surface area contributed by atoms with Crippen LogP contribution in [0.25, 0.3) is 5.65 Å². The van der Waals surface area contributed by atoms with Crippen LogP contribution in [0, 0.1) is 0 Å². The van der Waals surface area contributed by atoms with Gasteiger partial charge in [-0.1, -0.05) is 39.0 Å². The van der Waals surface area contributed by atoms with Crippen LogP contribution < -0.4 is 5.32 Å². The maximum absolute atomic E-state index is 12.1. The van der Waals surface area contributed by atoms with Crippen molar-refractivity contribution in [1.29, 1.82) is 0 Å². The van der Waals surface area contributed by atoms with Gasteiger partial charge in [0.2, 0.25) is 5.91 Å². The maximum Gasteiger partial charge on any atom is 0.230 e. The minimum Gasteiger partial charge on any atom is -0.355 e. The third-order valence-corrected chi connectivity index (χ3v) is 5.16. The van der Waals surface area contributed by atoms with Crippen molar-refractivity contribution < 1.29 is 4.79 Å². The summed E-state index contributed by atoms with van der Waals surface area (Å²) in [6.07, 6.45) is 2.59. The van der Waals surface area contributed by atoms with Gasteiger partial charge in [-0.15, -0.1) is 22.0 Å². The van der Waals surface area contributed by atoms with E-state index >= 15 is 0 Å². The molecule has 2 heterocycles. The lowest BCUT2D eigenvalue weighted by Gasteiger charge is -2.19. The van der Waals surface area contributed by atoms with E-state index in [1.165, 1.54) is 5.56 Å². The molecular weight excluding hydrogens is 344 g/mol. The number of carbonyl (C=O) groups is 1. The van der Waals surface area contributed by atoms with Crippen LogP contribution in [0.1, 0.15) is 32.2 Å². The van der Waals surface area contributed by atoms with Crippen LogP contribution in [0.2, 0.25) is 0 Å². The first kappa shape index (κ1) is 18.5. The van der Waals surface area contributed by atoms with Gasteiger partial charge in [0.1, 0.15) is 5.82 Å². The van der Waals surface area contributed by atoms with Gasteiger partial charge in [0.05, 0.1) is 5.75 Å². The van der Waals surface area contributed by atoms with E-state index < -0.39 is 0 Å². The number of benzene rings is 1. The van der Waals surface area contributed by atoms with E-state index in [2.05, 4.69) is 60.6 Å². The topological polar surface area (TPSA) is 59.3 Å². The number of thioether (sulfide) groups is 1. The van der Waals surface area contributed by atoms with Gasteiger partial charge in [-0.05, 0) is 35.2 Å². The van der Waals surface area contributed by atoms with Crippen molar-refractivity contribution in [3.63, 3.8) is 0 Å². The summed E-state index contributed by atoms with van der Waals surface area (Å²) in [6.45, 7) is 7.14. The van der Waals surface area contributed by atoms with E-state index in [-0.39, 0.29) is 11.3 Å². The second-order valence-corrected chi connectivity index (χ2v) is 8.26. The molecule has 136 valence electrons. The molecule has 0 saturated heterocycles. The van der Waals surface area contributed by atoms with E-state index in [9.17, 15) is 4.79 Å². The maximum atomic E-state index is 12.1. The molecule has 0 spiro atoms. The van der Waals surface area contributed by atoms with Crippen molar-refractivity contribution in [2.75, 3.05) is 12.3 Å². The Balaban J connectivity index is 1.44. The zero-order chi connectivity index (χ0) is 18.6. The van der Waals surface area contributed by atoms with Crippen LogP contribution in [0.4, 0.5) is 0 Å². The third-order valence-electron chi connectivity index (χ3n) is 4.15. The van der Waals surface area contributed by atoms with E-state index in [0.29, 0.717) is 18.7 Å². The summed E-state index contributed by atoms with van der Waals surface area (Å²) < 4.78 is 1.94. The molecule has 0 saturated carbocycles. The van der Waals surface area contributed by atoms with Crippen molar-refractivity contribution in [3.8, 4) is 0 Å². The lowest BCUT2D eigenvalue weighted by atomic mass is 9.87. The molecule has 0 fully saturated rings. The molecule has 0 bridgehead atoms. The molecule has 3 rings (SSSR count). The Hall–Kier alpha value is -2.34. The molecule has 2 aromatic heterocycles. The third kappa shape index (κ3) is 4.64. The average Bonchev–Trinajstić information content (AvgIpc) is 3.03. The number of amides is 1. The second-order valence-electron chi connectivity index (χ2n) is 7.21. The van der Waals surface area contributed by atoms with Crippen molar-refractivity contribution in [2.24, 2.45) is 0 Å². The van der Waals surface area contributed by atoms with Crippen molar-refractivity contribution in [1.82, 2.24) is 19.9 Å². The quantitative estimate of drug-likeness (QED) is 0.677. The fraction of sp³-hybridized carbons (Fsp3) is 0.350. The Bertz CT molecular complexity index is 881.